The van der Waals surface area contributed by atoms with Crippen LogP contribution in [0.1, 0.15) is 65.2 Å². The molecule has 0 heterocycles. The van der Waals surface area contributed by atoms with Crippen molar-refractivity contribution in [1.82, 2.24) is 0 Å². The summed E-state index contributed by atoms with van der Waals surface area (Å²) in [6.45, 7) is 4.68. The van der Waals surface area contributed by atoms with Crippen molar-refractivity contribution in [1.29, 1.82) is 0 Å². The quantitative estimate of drug-likeness (QED) is 0.524. The molecule has 3 nitrogen and oxygen atoms in total. The minimum absolute atomic E-state index is 0.116. The molecule has 0 aromatic carbocycles. The molecule has 0 amide bonds. The molecule has 0 aromatic rings. The van der Waals surface area contributed by atoms with E-state index in [4.69, 9.17) is 0 Å². The third kappa shape index (κ3) is 2.01. The van der Waals surface area contributed by atoms with Crippen LogP contribution in [0.4, 0.5) is 0 Å². The molecule has 3 heteroatoms. The number of fused-ring (bicyclic) bond motifs is 5. The average Bonchev–Trinajstić information content (AvgIpc) is 2.83. The van der Waals surface area contributed by atoms with Gasteiger partial charge < -0.3 is 10.2 Å². The van der Waals surface area contributed by atoms with Crippen molar-refractivity contribution in [3.8, 4) is 0 Å². The lowest BCUT2D eigenvalue weighted by Gasteiger charge is -2.60. The number of carbonyl (C=O) groups is 1. The highest BCUT2D eigenvalue weighted by molar-refractivity contribution is 5.96. The Balaban J connectivity index is 1.66. The Morgan fingerprint density at radius 2 is 1.78 bits per heavy atom. The third-order valence-electron chi connectivity index (χ3n) is 8.53. The first kappa shape index (κ1) is 15.7. The minimum Gasteiger partial charge on any atom is -0.515 e. The predicted octanol–water partition coefficient (Wildman–Crippen LogP) is 4.01. The van der Waals surface area contributed by atoms with Gasteiger partial charge in [0.25, 0.3) is 0 Å². The summed E-state index contributed by atoms with van der Waals surface area (Å²) in [6.07, 6.45) is 9.11. The van der Waals surface area contributed by atoms with Crippen LogP contribution in [0.25, 0.3) is 0 Å². The summed E-state index contributed by atoms with van der Waals surface area (Å²) < 4.78 is 0. The van der Waals surface area contributed by atoms with Gasteiger partial charge in [-0.15, -0.1) is 0 Å². The van der Waals surface area contributed by atoms with Gasteiger partial charge in [0.15, 0.2) is 5.78 Å². The van der Waals surface area contributed by atoms with E-state index in [1.54, 1.807) is 0 Å². The van der Waals surface area contributed by atoms with Crippen molar-refractivity contribution < 1.29 is 15.0 Å². The molecule has 0 spiro atoms. The van der Waals surface area contributed by atoms with E-state index in [2.05, 4.69) is 13.8 Å². The van der Waals surface area contributed by atoms with Gasteiger partial charge in [-0.2, -0.15) is 0 Å². The van der Waals surface area contributed by atoms with Crippen LogP contribution in [0, 0.1) is 34.5 Å². The molecular weight excluding hydrogens is 288 g/mol. The average molecular weight is 318 g/mol. The van der Waals surface area contributed by atoms with E-state index < -0.39 is 0 Å². The maximum atomic E-state index is 12.2. The molecule has 2 N–H and O–H groups in total. The number of carbonyl (C=O) groups excluding carboxylic acids is 1. The van der Waals surface area contributed by atoms with Gasteiger partial charge in [0.2, 0.25) is 0 Å². The number of aliphatic hydroxyl groups excluding tert-OH is 2. The number of aliphatic hydroxyl groups is 2. The zero-order valence-electron chi connectivity index (χ0n) is 14.4. The van der Waals surface area contributed by atoms with Gasteiger partial charge >= 0.3 is 0 Å². The lowest BCUT2D eigenvalue weighted by molar-refractivity contribution is -0.135. The number of allylic oxidation sites excluding steroid dienone is 1. The van der Waals surface area contributed by atoms with Crippen molar-refractivity contribution in [3.05, 3.63) is 11.8 Å². The molecule has 4 rings (SSSR count). The fraction of sp³-hybridized carbons (Fsp3) is 0.850. The maximum absolute atomic E-state index is 12.2. The smallest absolute Gasteiger partial charge is 0.162 e. The van der Waals surface area contributed by atoms with Crippen LogP contribution >= 0.6 is 0 Å². The SMILES string of the molecule is C[C@]12C/C(=C\O)C(=O)C[C@@H]1CC[C@H]1[C@H]2CC[C@@]2(C)[C@@H]1CC[C@@H]2O. The zero-order valence-corrected chi connectivity index (χ0v) is 14.4. The third-order valence-corrected chi connectivity index (χ3v) is 8.53. The van der Waals surface area contributed by atoms with Gasteiger partial charge in [-0.3, -0.25) is 4.79 Å². The van der Waals surface area contributed by atoms with E-state index >= 15 is 0 Å². The molecule has 7 atom stereocenters. The van der Waals surface area contributed by atoms with E-state index in [-0.39, 0.29) is 22.7 Å². The van der Waals surface area contributed by atoms with Gasteiger partial charge in [-0.05, 0) is 79.4 Å². The minimum atomic E-state index is -0.125. The van der Waals surface area contributed by atoms with Crippen molar-refractivity contribution in [2.24, 2.45) is 34.5 Å². The highest BCUT2D eigenvalue weighted by Gasteiger charge is 2.60. The van der Waals surface area contributed by atoms with E-state index in [1.807, 2.05) is 0 Å². The zero-order chi connectivity index (χ0) is 16.4. The number of rotatable bonds is 0. The second-order valence-electron chi connectivity index (χ2n) is 9.25. The Morgan fingerprint density at radius 3 is 2.52 bits per heavy atom. The number of ketones is 1. The summed E-state index contributed by atoms with van der Waals surface area (Å²) in [5.74, 6) is 2.63. The van der Waals surface area contributed by atoms with Gasteiger partial charge in [0, 0.05) is 12.0 Å². The maximum Gasteiger partial charge on any atom is 0.162 e. The van der Waals surface area contributed by atoms with Crippen molar-refractivity contribution >= 4 is 5.78 Å². The summed E-state index contributed by atoms with van der Waals surface area (Å²) in [5.41, 5.74) is 0.911. The highest BCUT2D eigenvalue weighted by Crippen LogP contribution is 2.66. The van der Waals surface area contributed by atoms with E-state index in [0.29, 0.717) is 35.7 Å². The summed E-state index contributed by atoms with van der Waals surface area (Å²) >= 11 is 0. The first-order valence-electron chi connectivity index (χ1n) is 9.44. The largest absolute Gasteiger partial charge is 0.515 e. The Hall–Kier alpha value is -0.830. The Bertz CT molecular complexity index is 553. The molecule has 4 fully saturated rings. The van der Waals surface area contributed by atoms with Gasteiger partial charge in [-0.1, -0.05) is 13.8 Å². The topological polar surface area (TPSA) is 57.5 Å². The molecule has 0 radical (unpaired) electrons. The van der Waals surface area contributed by atoms with Crippen LogP contribution < -0.4 is 0 Å². The first-order chi connectivity index (χ1) is 10.9. The normalized spacial score (nSPS) is 54.5. The fourth-order valence-corrected chi connectivity index (χ4v) is 7.10. The van der Waals surface area contributed by atoms with Crippen molar-refractivity contribution in [2.45, 2.75) is 71.3 Å². The summed E-state index contributed by atoms with van der Waals surface area (Å²) in [6, 6.07) is 0. The van der Waals surface area contributed by atoms with E-state index in [0.717, 1.165) is 31.9 Å². The van der Waals surface area contributed by atoms with Crippen LogP contribution in [0.5, 0.6) is 0 Å². The molecule has 4 aliphatic rings. The number of Topliss-reactive ketones (excluding diaryl/α,β-unsaturated/α-hetero) is 1. The van der Waals surface area contributed by atoms with Crippen LogP contribution in [0.15, 0.2) is 11.8 Å². The fourth-order valence-electron chi connectivity index (χ4n) is 7.10. The van der Waals surface area contributed by atoms with Gasteiger partial charge in [0.1, 0.15) is 0 Å². The molecule has 4 saturated carbocycles. The number of hydrogen-bond donors (Lipinski definition) is 2. The molecule has 128 valence electrons. The lowest BCUT2D eigenvalue weighted by Crippen LogP contribution is -2.54. The molecule has 23 heavy (non-hydrogen) atoms. The molecule has 0 unspecified atom stereocenters. The van der Waals surface area contributed by atoms with Crippen LogP contribution in [0.2, 0.25) is 0 Å². The standard InChI is InChI=1S/C20H30O3/c1-19-8-7-16-14(15(19)5-6-18(19)23)4-3-13-9-17(22)12(11-21)10-20(13,16)2/h11,13-16,18,21,23H,3-10H2,1-2H3/b12-11+/t13-,14+,15+,16+,18-,19-,20-/m0/s1. The van der Waals surface area contributed by atoms with E-state index in [9.17, 15) is 15.0 Å². The second kappa shape index (κ2) is 5.08. The van der Waals surface area contributed by atoms with Gasteiger partial charge in [-0.25, -0.2) is 0 Å². The summed E-state index contributed by atoms with van der Waals surface area (Å²) in [5, 5.41) is 20.0. The summed E-state index contributed by atoms with van der Waals surface area (Å²) in [4.78, 5) is 12.2. The predicted molar refractivity (Wildman–Crippen MR) is 88.8 cm³/mol. The van der Waals surface area contributed by atoms with Crippen LogP contribution in [0.3, 0.4) is 0 Å². The molecule has 4 aliphatic carbocycles. The van der Waals surface area contributed by atoms with Crippen molar-refractivity contribution in [2.75, 3.05) is 0 Å². The second-order valence-corrected chi connectivity index (χ2v) is 9.25. The van der Waals surface area contributed by atoms with Crippen molar-refractivity contribution in [3.63, 3.8) is 0 Å². The lowest BCUT2D eigenvalue weighted by atomic mass is 9.45. The number of hydrogen-bond acceptors (Lipinski definition) is 3. The van der Waals surface area contributed by atoms with E-state index in [1.165, 1.54) is 19.3 Å². The Morgan fingerprint density at radius 1 is 1.04 bits per heavy atom. The summed E-state index contributed by atoms with van der Waals surface area (Å²) in [7, 11) is 0. The monoisotopic (exact) mass is 318 g/mol. The Kier molecular flexibility index (Phi) is 3.46. The molecule has 0 aliphatic heterocycles. The first-order valence-corrected chi connectivity index (χ1v) is 9.44. The molecule has 0 saturated heterocycles. The molecule has 0 bridgehead atoms. The highest BCUT2D eigenvalue weighted by atomic mass is 16.3. The van der Waals surface area contributed by atoms with Crippen LogP contribution in [-0.2, 0) is 4.79 Å². The Labute approximate surface area is 139 Å². The molecular formula is C20H30O3. The van der Waals surface area contributed by atoms with Crippen LogP contribution in [-0.4, -0.2) is 22.1 Å². The molecule has 0 aromatic heterocycles. The van der Waals surface area contributed by atoms with Gasteiger partial charge in [0.05, 0.1) is 12.4 Å².